The number of nitrogens with one attached hydrogen (secondary N) is 1. The van der Waals surface area contributed by atoms with Gasteiger partial charge in [-0.25, -0.2) is 14.4 Å². The minimum Gasteiger partial charge on any atom is -0.370 e. The van der Waals surface area contributed by atoms with E-state index in [-0.39, 0.29) is 11.8 Å². The summed E-state index contributed by atoms with van der Waals surface area (Å²) < 4.78 is 16.9. The molecule has 0 amide bonds. The molecule has 2 aromatic carbocycles. The number of nitrogens with two attached hydrogens (primary N) is 1. The van der Waals surface area contributed by atoms with Crippen molar-refractivity contribution in [1.29, 1.82) is 0 Å². The summed E-state index contributed by atoms with van der Waals surface area (Å²) in [5.41, 5.74) is 7.95. The standard InChI is InChI=1S/C15H11BrFN5/c16-8-5-6-9(10(17)7-8)13-20-14(18)21-15-19-11-3-1-2-4-12(11)22(13)15/h1-7,13H,(H3,18,19,20,21). The maximum absolute atomic E-state index is 14.4. The predicted octanol–water partition coefficient (Wildman–Crippen LogP) is 3.23. The lowest BCUT2D eigenvalue weighted by Gasteiger charge is -2.24. The molecule has 1 atom stereocenters. The van der Waals surface area contributed by atoms with Crippen molar-refractivity contribution < 1.29 is 4.39 Å². The summed E-state index contributed by atoms with van der Waals surface area (Å²) >= 11 is 3.26. The van der Waals surface area contributed by atoms with E-state index >= 15 is 0 Å². The zero-order valence-electron chi connectivity index (χ0n) is 11.3. The molecule has 0 saturated carbocycles. The van der Waals surface area contributed by atoms with Crippen molar-refractivity contribution in [2.45, 2.75) is 6.17 Å². The first-order valence-electron chi connectivity index (χ1n) is 6.66. The van der Waals surface area contributed by atoms with Crippen molar-refractivity contribution in [2.75, 3.05) is 5.32 Å². The lowest BCUT2D eigenvalue weighted by molar-refractivity contribution is 0.550. The average Bonchev–Trinajstić information content (AvgIpc) is 2.84. The third kappa shape index (κ3) is 1.97. The highest BCUT2D eigenvalue weighted by atomic mass is 79.9. The quantitative estimate of drug-likeness (QED) is 0.700. The van der Waals surface area contributed by atoms with E-state index in [0.717, 1.165) is 11.0 Å². The molecule has 4 rings (SSSR count). The smallest absolute Gasteiger partial charge is 0.212 e. The Hall–Kier alpha value is -2.41. The predicted molar refractivity (Wildman–Crippen MR) is 87.2 cm³/mol. The molecule has 1 aliphatic rings. The fraction of sp³-hybridized carbons (Fsp3) is 0.0667. The number of rotatable bonds is 1. The van der Waals surface area contributed by atoms with Crippen LogP contribution >= 0.6 is 15.9 Å². The van der Waals surface area contributed by atoms with Gasteiger partial charge >= 0.3 is 0 Å². The third-order valence-corrected chi connectivity index (χ3v) is 4.08. The van der Waals surface area contributed by atoms with Crippen LogP contribution in [0.5, 0.6) is 0 Å². The van der Waals surface area contributed by atoms with Gasteiger partial charge in [0.1, 0.15) is 5.82 Å². The molecule has 3 aromatic rings. The largest absolute Gasteiger partial charge is 0.370 e. The van der Waals surface area contributed by atoms with Crippen LogP contribution in [0, 0.1) is 5.82 Å². The number of halogens is 2. The number of guanidine groups is 1. The van der Waals surface area contributed by atoms with Gasteiger partial charge in [0.2, 0.25) is 5.95 Å². The molecular formula is C15H11BrFN5. The van der Waals surface area contributed by atoms with Crippen LogP contribution in [0.2, 0.25) is 0 Å². The van der Waals surface area contributed by atoms with Crippen molar-refractivity contribution in [3.8, 4) is 0 Å². The number of fused-ring (bicyclic) bond motifs is 3. The van der Waals surface area contributed by atoms with Crippen molar-refractivity contribution in [1.82, 2.24) is 9.55 Å². The topological polar surface area (TPSA) is 68.2 Å². The molecule has 0 fully saturated rings. The number of benzene rings is 2. The van der Waals surface area contributed by atoms with Crippen molar-refractivity contribution in [3.63, 3.8) is 0 Å². The number of aromatic nitrogens is 2. The molecule has 1 aromatic heterocycles. The summed E-state index contributed by atoms with van der Waals surface area (Å²) in [6.07, 6.45) is -0.586. The van der Waals surface area contributed by atoms with E-state index in [2.05, 4.69) is 31.2 Å². The zero-order chi connectivity index (χ0) is 15.3. The van der Waals surface area contributed by atoms with Gasteiger partial charge in [-0.05, 0) is 24.3 Å². The molecule has 0 radical (unpaired) electrons. The second kappa shape index (κ2) is 4.81. The number of imidazole rings is 1. The molecule has 110 valence electrons. The van der Waals surface area contributed by atoms with Gasteiger partial charge in [-0.1, -0.05) is 34.1 Å². The number of hydrogen-bond acceptors (Lipinski definition) is 4. The minimum absolute atomic E-state index is 0.218. The SMILES string of the molecule is NC1=NC(c2ccc(Br)cc2F)n2c(nc3ccccc32)N1. The second-order valence-corrected chi connectivity index (χ2v) is 5.89. The van der Waals surface area contributed by atoms with Crippen LogP contribution in [0.3, 0.4) is 0 Å². The molecule has 7 heteroatoms. The number of hydrogen-bond donors (Lipinski definition) is 2. The fourth-order valence-corrected chi connectivity index (χ4v) is 2.97. The summed E-state index contributed by atoms with van der Waals surface area (Å²) in [5, 5.41) is 2.93. The molecule has 2 heterocycles. The molecule has 22 heavy (non-hydrogen) atoms. The van der Waals surface area contributed by atoms with Crippen molar-refractivity contribution in [2.24, 2.45) is 10.7 Å². The van der Waals surface area contributed by atoms with Gasteiger partial charge in [-0.15, -0.1) is 0 Å². The Morgan fingerprint density at radius 3 is 2.86 bits per heavy atom. The lowest BCUT2D eigenvalue weighted by Crippen LogP contribution is -2.31. The molecule has 0 spiro atoms. The molecule has 0 bridgehead atoms. The molecular weight excluding hydrogens is 349 g/mol. The monoisotopic (exact) mass is 359 g/mol. The Bertz CT molecular complexity index is 917. The summed E-state index contributed by atoms with van der Waals surface area (Å²) in [5.74, 6) is 0.428. The van der Waals surface area contributed by atoms with E-state index in [0.29, 0.717) is 16.0 Å². The van der Waals surface area contributed by atoms with Crippen LogP contribution in [-0.4, -0.2) is 15.5 Å². The molecule has 0 saturated heterocycles. The van der Waals surface area contributed by atoms with E-state index in [1.165, 1.54) is 6.07 Å². The molecule has 1 unspecified atom stereocenters. The van der Waals surface area contributed by atoms with Gasteiger partial charge in [-0.2, -0.15) is 0 Å². The van der Waals surface area contributed by atoms with E-state index < -0.39 is 6.17 Å². The Kier molecular flexibility index (Phi) is 2.90. The summed E-state index contributed by atoms with van der Waals surface area (Å²) in [6, 6.07) is 12.5. The maximum Gasteiger partial charge on any atom is 0.212 e. The van der Waals surface area contributed by atoms with Gasteiger partial charge in [0.15, 0.2) is 12.1 Å². The molecule has 0 aliphatic carbocycles. The second-order valence-electron chi connectivity index (χ2n) is 4.97. The summed E-state index contributed by atoms with van der Waals surface area (Å²) in [4.78, 5) is 8.84. The normalized spacial score (nSPS) is 17.0. The van der Waals surface area contributed by atoms with Crippen LogP contribution in [-0.2, 0) is 0 Å². The van der Waals surface area contributed by atoms with Crippen LogP contribution in [0.1, 0.15) is 11.7 Å². The molecule has 1 aliphatic heterocycles. The van der Waals surface area contributed by atoms with Gasteiger partial charge in [0.25, 0.3) is 0 Å². The minimum atomic E-state index is -0.586. The van der Waals surface area contributed by atoms with Crippen molar-refractivity contribution >= 4 is 38.9 Å². The average molecular weight is 360 g/mol. The van der Waals surface area contributed by atoms with Gasteiger partial charge in [0.05, 0.1) is 11.0 Å². The highest BCUT2D eigenvalue weighted by Gasteiger charge is 2.26. The number of nitrogens with zero attached hydrogens (tertiary/aromatic N) is 3. The van der Waals surface area contributed by atoms with E-state index in [4.69, 9.17) is 5.73 Å². The van der Waals surface area contributed by atoms with Gasteiger partial charge in [0, 0.05) is 10.0 Å². The summed E-state index contributed by atoms with van der Waals surface area (Å²) in [6.45, 7) is 0. The Labute approximate surface area is 133 Å². The summed E-state index contributed by atoms with van der Waals surface area (Å²) in [7, 11) is 0. The van der Waals surface area contributed by atoms with Crippen LogP contribution in [0.25, 0.3) is 11.0 Å². The third-order valence-electron chi connectivity index (χ3n) is 3.58. The first-order chi connectivity index (χ1) is 10.6. The van der Waals surface area contributed by atoms with Crippen LogP contribution in [0.4, 0.5) is 10.3 Å². The van der Waals surface area contributed by atoms with E-state index in [1.807, 2.05) is 28.8 Å². The molecule has 3 N–H and O–H groups in total. The van der Waals surface area contributed by atoms with E-state index in [9.17, 15) is 4.39 Å². The fourth-order valence-electron chi connectivity index (χ4n) is 2.64. The molecule has 5 nitrogen and oxygen atoms in total. The number of para-hydroxylation sites is 2. The van der Waals surface area contributed by atoms with Gasteiger partial charge < -0.3 is 5.73 Å². The first-order valence-corrected chi connectivity index (χ1v) is 7.45. The number of anilines is 1. The first kappa shape index (κ1) is 13.3. The van der Waals surface area contributed by atoms with E-state index in [1.54, 1.807) is 12.1 Å². The Morgan fingerprint density at radius 1 is 1.23 bits per heavy atom. The Balaban J connectivity index is 1.98. The lowest BCUT2D eigenvalue weighted by atomic mass is 10.1. The van der Waals surface area contributed by atoms with Gasteiger partial charge in [-0.3, -0.25) is 9.88 Å². The Morgan fingerprint density at radius 2 is 2.05 bits per heavy atom. The number of aliphatic imine (C=N–C) groups is 1. The van der Waals surface area contributed by atoms with Crippen LogP contribution in [0.15, 0.2) is 51.9 Å². The van der Waals surface area contributed by atoms with Crippen LogP contribution < -0.4 is 11.1 Å². The highest BCUT2D eigenvalue weighted by Crippen LogP contribution is 2.33. The van der Waals surface area contributed by atoms with Crippen molar-refractivity contribution in [3.05, 3.63) is 58.3 Å². The zero-order valence-corrected chi connectivity index (χ0v) is 12.9. The highest BCUT2D eigenvalue weighted by molar-refractivity contribution is 9.10. The maximum atomic E-state index is 14.4.